The van der Waals surface area contributed by atoms with E-state index < -0.39 is 0 Å². The fourth-order valence-corrected chi connectivity index (χ4v) is 2.28. The standard InChI is InChI=1S/C12H23N7/c1-9-15-11(6-12(16-9)17-13)14-7-10-8-18(2)4-5-19(10)3/h6,10H,4-5,7-8,13H2,1-3H3,(H2,14,15,16,17). The third kappa shape index (κ3) is 3.76. The molecular weight excluding hydrogens is 242 g/mol. The summed E-state index contributed by atoms with van der Waals surface area (Å²) < 4.78 is 0. The summed E-state index contributed by atoms with van der Waals surface area (Å²) in [6.45, 7) is 6.01. The Bertz CT molecular complexity index is 423. The van der Waals surface area contributed by atoms with Crippen LogP contribution in [0.25, 0.3) is 0 Å². The first-order valence-electron chi connectivity index (χ1n) is 6.53. The van der Waals surface area contributed by atoms with E-state index in [1.807, 2.05) is 13.0 Å². The van der Waals surface area contributed by atoms with Gasteiger partial charge in [-0.15, -0.1) is 0 Å². The molecule has 1 fully saturated rings. The molecule has 0 radical (unpaired) electrons. The summed E-state index contributed by atoms with van der Waals surface area (Å²) in [5.41, 5.74) is 2.55. The second-order valence-electron chi connectivity index (χ2n) is 5.11. The number of hydrazine groups is 1. The molecule has 4 N–H and O–H groups in total. The van der Waals surface area contributed by atoms with Crippen molar-refractivity contribution >= 4 is 11.6 Å². The Kier molecular flexibility index (Phi) is 4.52. The third-order valence-corrected chi connectivity index (χ3v) is 3.48. The van der Waals surface area contributed by atoms with Gasteiger partial charge in [0.15, 0.2) is 0 Å². The van der Waals surface area contributed by atoms with Gasteiger partial charge in [0.05, 0.1) is 0 Å². The van der Waals surface area contributed by atoms with Crippen LogP contribution in [0, 0.1) is 6.92 Å². The molecule has 2 rings (SSSR count). The summed E-state index contributed by atoms with van der Waals surface area (Å²) in [6, 6.07) is 2.31. The lowest BCUT2D eigenvalue weighted by Crippen LogP contribution is -2.52. The molecule has 7 heteroatoms. The van der Waals surface area contributed by atoms with Crippen molar-refractivity contribution in [2.75, 3.05) is 51.0 Å². The Hall–Kier alpha value is -1.44. The highest BCUT2D eigenvalue weighted by Gasteiger charge is 2.21. The first-order valence-corrected chi connectivity index (χ1v) is 6.53. The average Bonchev–Trinajstić information content (AvgIpc) is 2.39. The average molecular weight is 265 g/mol. The quantitative estimate of drug-likeness (QED) is 0.510. The number of nitrogens with two attached hydrogens (primary N) is 1. The van der Waals surface area contributed by atoms with Crippen molar-refractivity contribution in [3.05, 3.63) is 11.9 Å². The Morgan fingerprint density at radius 2 is 2.05 bits per heavy atom. The van der Waals surface area contributed by atoms with E-state index in [0.29, 0.717) is 17.7 Å². The van der Waals surface area contributed by atoms with Gasteiger partial charge in [0.2, 0.25) is 0 Å². The van der Waals surface area contributed by atoms with Crippen molar-refractivity contribution < 1.29 is 0 Å². The van der Waals surface area contributed by atoms with Crippen LogP contribution in [0.15, 0.2) is 6.07 Å². The van der Waals surface area contributed by atoms with E-state index in [2.05, 4.69) is 44.6 Å². The van der Waals surface area contributed by atoms with Crippen molar-refractivity contribution in [1.82, 2.24) is 19.8 Å². The highest BCUT2D eigenvalue weighted by atomic mass is 15.3. The predicted octanol–water partition coefficient (Wildman–Crippen LogP) is -0.272. The normalized spacial score (nSPS) is 21.4. The summed E-state index contributed by atoms with van der Waals surface area (Å²) in [7, 11) is 4.32. The second-order valence-corrected chi connectivity index (χ2v) is 5.11. The number of piperazine rings is 1. The van der Waals surface area contributed by atoms with Crippen molar-refractivity contribution in [1.29, 1.82) is 0 Å². The minimum atomic E-state index is 0.489. The molecule has 1 aromatic heterocycles. The van der Waals surface area contributed by atoms with E-state index in [1.54, 1.807) is 0 Å². The summed E-state index contributed by atoms with van der Waals surface area (Å²) in [5.74, 6) is 7.52. The van der Waals surface area contributed by atoms with Gasteiger partial charge in [0.25, 0.3) is 0 Å². The number of nitrogen functional groups attached to an aromatic ring is 1. The molecule has 0 bridgehead atoms. The molecule has 1 aliphatic rings. The monoisotopic (exact) mass is 265 g/mol. The topological polar surface area (TPSA) is 82.3 Å². The fourth-order valence-electron chi connectivity index (χ4n) is 2.28. The Labute approximate surface area is 114 Å². The van der Waals surface area contributed by atoms with Gasteiger partial charge in [0, 0.05) is 38.3 Å². The van der Waals surface area contributed by atoms with Gasteiger partial charge in [-0.25, -0.2) is 15.8 Å². The first-order chi connectivity index (χ1) is 9.08. The van der Waals surface area contributed by atoms with Crippen LogP contribution in [0.5, 0.6) is 0 Å². The molecular formula is C12H23N7. The van der Waals surface area contributed by atoms with Gasteiger partial charge < -0.3 is 15.6 Å². The Morgan fingerprint density at radius 1 is 1.32 bits per heavy atom. The second kappa shape index (κ2) is 6.14. The summed E-state index contributed by atoms with van der Waals surface area (Å²) in [4.78, 5) is 13.3. The Morgan fingerprint density at radius 3 is 2.79 bits per heavy atom. The minimum Gasteiger partial charge on any atom is -0.368 e. The van der Waals surface area contributed by atoms with Gasteiger partial charge in [-0.1, -0.05) is 0 Å². The third-order valence-electron chi connectivity index (χ3n) is 3.48. The van der Waals surface area contributed by atoms with E-state index in [1.165, 1.54) is 0 Å². The highest BCUT2D eigenvalue weighted by molar-refractivity contribution is 5.46. The zero-order valence-corrected chi connectivity index (χ0v) is 11.8. The van der Waals surface area contributed by atoms with Gasteiger partial charge in [-0.2, -0.15) is 0 Å². The first kappa shape index (κ1) is 14.0. The molecule has 19 heavy (non-hydrogen) atoms. The number of nitrogens with one attached hydrogen (secondary N) is 2. The maximum Gasteiger partial charge on any atom is 0.145 e. The van der Waals surface area contributed by atoms with E-state index in [-0.39, 0.29) is 0 Å². The maximum atomic E-state index is 5.38. The van der Waals surface area contributed by atoms with Gasteiger partial charge >= 0.3 is 0 Å². The predicted molar refractivity (Wildman–Crippen MR) is 77.0 cm³/mol. The largest absolute Gasteiger partial charge is 0.368 e. The molecule has 1 saturated heterocycles. The van der Waals surface area contributed by atoms with Gasteiger partial charge in [-0.3, -0.25) is 4.90 Å². The van der Waals surface area contributed by atoms with Crippen LogP contribution in [0.1, 0.15) is 5.82 Å². The van der Waals surface area contributed by atoms with Gasteiger partial charge in [-0.05, 0) is 21.0 Å². The molecule has 1 atom stereocenters. The minimum absolute atomic E-state index is 0.489. The number of rotatable bonds is 4. The number of likely N-dealkylation sites (N-methyl/N-ethyl adjacent to an activating group) is 2. The van der Waals surface area contributed by atoms with E-state index in [4.69, 9.17) is 5.84 Å². The van der Waals surface area contributed by atoms with Crippen molar-refractivity contribution in [2.45, 2.75) is 13.0 Å². The van der Waals surface area contributed by atoms with Crippen molar-refractivity contribution in [2.24, 2.45) is 5.84 Å². The van der Waals surface area contributed by atoms with Gasteiger partial charge in [0.1, 0.15) is 17.5 Å². The van der Waals surface area contributed by atoms with Crippen LogP contribution in [-0.2, 0) is 0 Å². The molecule has 0 amide bonds. The van der Waals surface area contributed by atoms with Crippen LogP contribution in [0.4, 0.5) is 11.6 Å². The molecule has 0 saturated carbocycles. The number of anilines is 2. The van der Waals surface area contributed by atoms with E-state index >= 15 is 0 Å². The van der Waals surface area contributed by atoms with E-state index in [0.717, 1.165) is 32.0 Å². The molecule has 7 nitrogen and oxygen atoms in total. The molecule has 2 heterocycles. The lowest BCUT2D eigenvalue weighted by atomic mass is 10.2. The summed E-state index contributed by atoms with van der Waals surface area (Å²) >= 11 is 0. The number of hydrogen-bond donors (Lipinski definition) is 3. The summed E-state index contributed by atoms with van der Waals surface area (Å²) in [6.07, 6.45) is 0. The number of aromatic nitrogens is 2. The lowest BCUT2D eigenvalue weighted by molar-refractivity contribution is 0.122. The van der Waals surface area contributed by atoms with Crippen LogP contribution >= 0.6 is 0 Å². The van der Waals surface area contributed by atoms with E-state index in [9.17, 15) is 0 Å². The molecule has 1 unspecified atom stereocenters. The SMILES string of the molecule is Cc1nc(NN)cc(NCC2CN(C)CCN2C)n1. The molecule has 1 aliphatic heterocycles. The molecule has 106 valence electrons. The van der Waals surface area contributed by atoms with Crippen LogP contribution < -0.4 is 16.6 Å². The van der Waals surface area contributed by atoms with Crippen molar-refractivity contribution in [3.63, 3.8) is 0 Å². The maximum absolute atomic E-state index is 5.38. The number of nitrogens with zero attached hydrogens (tertiary/aromatic N) is 4. The summed E-state index contributed by atoms with van der Waals surface area (Å²) in [5, 5.41) is 3.37. The number of hydrogen-bond acceptors (Lipinski definition) is 7. The molecule has 0 aliphatic carbocycles. The highest BCUT2D eigenvalue weighted by Crippen LogP contribution is 2.11. The zero-order valence-electron chi connectivity index (χ0n) is 11.8. The van der Waals surface area contributed by atoms with Crippen molar-refractivity contribution in [3.8, 4) is 0 Å². The smallest absolute Gasteiger partial charge is 0.145 e. The molecule has 0 spiro atoms. The fraction of sp³-hybridized carbons (Fsp3) is 0.667. The van der Waals surface area contributed by atoms with Crippen LogP contribution in [0.2, 0.25) is 0 Å². The molecule has 0 aromatic carbocycles. The van der Waals surface area contributed by atoms with Crippen LogP contribution in [-0.4, -0.2) is 66.1 Å². The lowest BCUT2D eigenvalue weighted by Gasteiger charge is -2.37. The molecule has 1 aromatic rings. The zero-order chi connectivity index (χ0) is 13.8. The van der Waals surface area contributed by atoms with Crippen LogP contribution in [0.3, 0.4) is 0 Å². The number of aryl methyl sites for hydroxylation is 1. The Balaban J connectivity index is 1.96.